The van der Waals surface area contributed by atoms with Gasteiger partial charge in [0.25, 0.3) is 0 Å². The number of hydrogen-bond acceptors (Lipinski definition) is 6. The predicted octanol–water partition coefficient (Wildman–Crippen LogP) is 2.52. The summed E-state index contributed by atoms with van der Waals surface area (Å²) in [4.78, 5) is 38.9. The first-order valence-corrected chi connectivity index (χ1v) is 7.35. The number of carbonyl (C=O) groups excluding carboxylic acids is 3. The number of aromatic nitrogens is 1. The number of thiophene rings is 1. The Morgan fingerprint density at radius 3 is 2.55 bits per heavy atom. The average molecular weight is 321 g/mol. The average Bonchev–Trinajstić information content (AvgIpc) is 3.12. The molecule has 22 heavy (non-hydrogen) atoms. The van der Waals surface area contributed by atoms with Crippen molar-refractivity contribution in [3.8, 4) is 0 Å². The summed E-state index contributed by atoms with van der Waals surface area (Å²) in [6, 6.07) is 3.42. The first kappa shape index (κ1) is 16.0. The van der Waals surface area contributed by atoms with Crippen molar-refractivity contribution in [2.45, 2.75) is 13.8 Å². The van der Waals surface area contributed by atoms with E-state index in [0.29, 0.717) is 21.7 Å². The molecule has 0 radical (unpaired) electrons. The maximum atomic E-state index is 12.1. The number of Topliss-reactive ketones (excluding diaryl/α,β-unsaturated/α-hetero) is 1. The number of methoxy groups -OCH3 is 1. The third-order valence-corrected chi connectivity index (χ3v) is 4.07. The van der Waals surface area contributed by atoms with Gasteiger partial charge in [0.1, 0.15) is 5.69 Å². The van der Waals surface area contributed by atoms with Gasteiger partial charge in [-0.25, -0.2) is 9.59 Å². The van der Waals surface area contributed by atoms with Crippen LogP contribution in [-0.4, -0.2) is 36.4 Å². The molecule has 0 aromatic carbocycles. The highest BCUT2D eigenvalue weighted by molar-refractivity contribution is 7.12. The second kappa shape index (κ2) is 6.57. The first-order chi connectivity index (χ1) is 10.5. The smallest absolute Gasteiger partial charge is 0.355 e. The van der Waals surface area contributed by atoms with E-state index < -0.39 is 11.9 Å². The molecule has 0 spiro atoms. The van der Waals surface area contributed by atoms with Gasteiger partial charge < -0.3 is 14.5 Å². The molecule has 2 aromatic rings. The largest absolute Gasteiger partial charge is 0.465 e. The van der Waals surface area contributed by atoms with Crippen molar-refractivity contribution in [1.29, 1.82) is 0 Å². The highest BCUT2D eigenvalue weighted by atomic mass is 32.1. The van der Waals surface area contributed by atoms with Crippen molar-refractivity contribution in [1.82, 2.24) is 4.98 Å². The van der Waals surface area contributed by atoms with Crippen LogP contribution in [-0.2, 0) is 9.47 Å². The van der Waals surface area contributed by atoms with Crippen molar-refractivity contribution in [3.63, 3.8) is 0 Å². The van der Waals surface area contributed by atoms with E-state index in [1.54, 1.807) is 31.4 Å². The van der Waals surface area contributed by atoms with E-state index in [2.05, 4.69) is 9.72 Å². The fourth-order valence-electron chi connectivity index (χ4n) is 2.07. The number of H-pyrrole nitrogens is 1. The number of rotatable bonds is 5. The van der Waals surface area contributed by atoms with Gasteiger partial charge in [-0.05, 0) is 30.9 Å². The summed E-state index contributed by atoms with van der Waals surface area (Å²) >= 11 is 1.29. The van der Waals surface area contributed by atoms with Crippen LogP contribution in [0.15, 0.2) is 17.5 Å². The molecular formula is C15H15NO5S. The summed E-state index contributed by atoms with van der Waals surface area (Å²) in [5.74, 6) is -1.47. The first-order valence-electron chi connectivity index (χ1n) is 6.47. The van der Waals surface area contributed by atoms with E-state index >= 15 is 0 Å². The van der Waals surface area contributed by atoms with Crippen molar-refractivity contribution < 1.29 is 23.9 Å². The van der Waals surface area contributed by atoms with Gasteiger partial charge in [0.2, 0.25) is 5.78 Å². The molecule has 0 aliphatic rings. The Balaban J connectivity index is 2.10. The number of ketones is 1. The van der Waals surface area contributed by atoms with Crippen molar-refractivity contribution in [2.75, 3.05) is 13.7 Å². The lowest BCUT2D eigenvalue weighted by molar-refractivity contribution is 0.0470. The molecule has 0 aliphatic carbocycles. The number of nitrogens with one attached hydrogen (secondary N) is 1. The Bertz CT molecular complexity index is 715. The molecular weight excluding hydrogens is 306 g/mol. The maximum Gasteiger partial charge on any atom is 0.355 e. The quantitative estimate of drug-likeness (QED) is 0.675. The number of aromatic amines is 1. The summed E-state index contributed by atoms with van der Waals surface area (Å²) in [5.41, 5.74) is 1.41. The van der Waals surface area contributed by atoms with Crippen molar-refractivity contribution in [2.24, 2.45) is 0 Å². The molecule has 6 nitrogen and oxygen atoms in total. The Labute approximate surface area is 131 Å². The van der Waals surface area contributed by atoms with Crippen LogP contribution in [0.2, 0.25) is 0 Å². The summed E-state index contributed by atoms with van der Waals surface area (Å²) < 4.78 is 9.69. The molecule has 2 rings (SSSR count). The van der Waals surface area contributed by atoms with Crippen LogP contribution in [0.25, 0.3) is 0 Å². The van der Waals surface area contributed by atoms with Crippen LogP contribution in [0.5, 0.6) is 0 Å². The maximum absolute atomic E-state index is 12.1. The summed E-state index contributed by atoms with van der Waals surface area (Å²) in [6.07, 6.45) is 0. The Kier molecular flexibility index (Phi) is 4.77. The zero-order chi connectivity index (χ0) is 16.3. The molecule has 2 heterocycles. The number of carbonyl (C=O) groups is 3. The monoisotopic (exact) mass is 321 g/mol. The second-order valence-electron chi connectivity index (χ2n) is 4.59. The van der Waals surface area contributed by atoms with E-state index in [0.717, 1.165) is 0 Å². The van der Waals surface area contributed by atoms with Crippen LogP contribution in [0.1, 0.15) is 41.8 Å². The molecule has 0 bridgehead atoms. The molecule has 0 fully saturated rings. The van der Waals surface area contributed by atoms with Crippen LogP contribution in [0.3, 0.4) is 0 Å². The zero-order valence-electron chi connectivity index (χ0n) is 12.4. The van der Waals surface area contributed by atoms with Gasteiger partial charge in [-0.3, -0.25) is 4.79 Å². The second-order valence-corrected chi connectivity index (χ2v) is 5.54. The SMILES string of the molecule is COC(=O)c1c(C)[nH]c(C(=O)OCC(=O)c2cccs2)c1C. The molecule has 0 amide bonds. The highest BCUT2D eigenvalue weighted by Gasteiger charge is 2.24. The van der Waals surface area contributed by atoms with Gasteiger partial charge in [0.05, 0.1) is 17.6 Å². The van der Waals surface area contributed by atoms with Crippen LogP contribution >= 0.6 is 11.3 Å². The molecule has 116 valence electrons. The van der Waals surface area contributed by atoms with E-state index in [1.807, 2.05) is 0 Å². The van der Waals surface area contributed by atoms with Crippen LogP contribution < -0.4 is 0 Å². The topological polar surface area (TPSA) is 85.5 Å². The zero-order valence-corrected chi connectivity index (χ0v) is 13.2. The lowest BCUT2D eigenvalue weighted by atomic mass is 10.1. The third-order valence-electron chi connectivity index (χ3n) is 3.16. The number of esters is 2. The molecule has 7 heteroatoms. The standard InChI is InChI=1S/C15H15NO5S/c1-8-12(14(18)20-3)9(2)16-13(8)15(19)21-7-10(17)11-5-4-6-22-11/h4-6,16H,7H2,1-3H3. The van der Waals surface area contributed by atoms with Crippen molar-refractivity contribution >= 4 is 29.1 Å². The van der Waals surface area contributed by atoms with E-state index in [4.69, 9.17) is 4.74 Å². The fourth-order valence-corrected chi connectivity index (χ4v) is 2.73. The Morgan fingerprint density at radius 2 is 1.95 bits per heavy atom. The van der Waals surface area contributed by atoms with Gasteiger partial charge in [-0.1, -0.05) is 6.07 Å². The number of hydrogen-bond donors (Lipinski definition) is 1. The Morgan fingerprint density at radius 1 is 1.23 bits per heavy atom. The van der Waals surface area contributed by atoms with Crippen molar-refractivity contribution in [3.05, 3.63) is 44.9 Å². The van der Waals surface area contributed by atoms with E-state index in [1.165, 1.54) is 18.4 Å². The van der Waals surface area contributed by atoms with Gasteiger partial charge in [0, 0.05) is 5.69 Å². The number of aryl methyl sites for hydroxylation is 1. The fraction of sp³-hybridized carbons (Fsp3) is 0.267. The van der Waals surface area contributed by atoms with E-state index in [-0.39, 0.29) is 18.1 Å². The van der Waals surface area contributed by atoms with Gasteiger partial charge >= 0.3 is 11.9 Å². The summed E-state index contributed by atoms with van der Waals surface area (Å²) in [5, 5.41) is 1.77. The highest BCUT2D eigenvalue weighted by Crippen LogP contribution is 2.19. The summed E-state index contributed by atoms with van der Waals surface area (Å²) in [6.45, 7) is 2.94. The normalized spacial score (nSPS) is 10.3. The molecule has 0 saturated carbocycles. The minimum atomic E-state index is -0.680. The number of ether oxygens (including phenoxy) is 2. The lowest BCUT2D eigenvalue weighted by Gasteiger charge is -2.03. The molecule has 1 N–H and O–H groups in total. The molecule has 0 aliphatic heterocycles. The Hall–Kier alpha value is -2.41. The predicted molar refractivity (Wildman–Crippen MR) is 80.5 cm³/mol. The minimum Gasteiger partial charge on any atom is -0.465 e. The lowest BCUT2D eigenvalue weighted by Crippen LogP contribution is -2.14. The van der Waals surface area contributed by atoms with Crippen LogP contribution in [0.4, 0.5) is 0 Å². The minimum absolute atomic E-state index is 0.150. The van der Waals surface area contributed by atoms with E-state index in [9.17, 15) is 14.4 Å². The molecule has 0 atom stereocenters. The van der Waals surface area contributed by atoms with Gasteiger partial charge in [-0.15, -0.1) is 11.3 Å². The van der Waals surface area contributed by atoms with Gasteiger partial charge in [0.15, 0.2) is 6.61 Å². The van der Waals surface area contributed by atoms with Crippen LogP contribution in [0, 0.1) is 13.8 Å². The molecule has 0 unspecified atom stereocenters. The third kappa shape index (κ3) is 3.09. The molecule has 0 saturated heterocycles. The van der Waals surface area contributed by atoms with Gasteiger partial charge in [-0.2, -0.15) is 0 Å². The molecule has 2 aromatic heterocycles. The summed E-state index contributed by atoms with van der Waals surface area (Å²) in [7, 11) is 1.27.